The molecule has 0 bridgehead atoms. The Bertz CT molecular complexity index is 2340. The molecule has 0 saturated carbocycles. The summed E-state index contributed by atoms with van der Waals surface area (Å²) >= 11 is 1.34. The highest BCUT2D eigenvalue weighted by molar-refractivity contribution is 8.05. The van der Waals surface area contributed by atoms with Crippen LogP contribution in [0.2, 0.25) is 25.7 Å². The molecule has 2 aliphatic rings. The third-order valence-corrected chi connectivity index (χ3v) is 14.4. The predicted octanol–water partition coefficient (Wildman–Crippen LogP) is 7.07. The lowest BCUT2D eigenvalue weighted by Crippen LogP contribution is -2.67. The first kappa shape index (κ1) is 48.3. The summed E-state index contributed by atoms with van der Waals surface area (Å²) in [5.41, 5.74) is 1.11. The number of β-lactam (4-membered cyclic amide) rings is 1. The molecule has 3 atom stereocenters. The Kier molecular flexibility index (Phi) is 16.1. The Morgan fingerprint density at radius 2 is 1.46 bits per heavy atom. The van der Waals surface area contributed by atoms with Crippen LogP contribution >= 0.6 is 11.8 Å². The van der Waals surface area contributed by atoms with Gasteiger partial charge in [-0.15, -0.1) is 11.8 Å². The number of nitro groups is 1. The van der Waals surface area contributed by atoms with Gasteiger partial charge in [0, 0.05) is 54.3 Å². The molecule has 4 N–H and O–H groups in total. The number of aliphatic imine (C=N–C) groups is 1. The Balaban J connectivity index is 1.17. The van der Waals surface area contributed by atoms with Crippen molar-refractivity contribution >= 4 is 65.3 Å². The molecule has 0 aliphatic carbocycles. The summed E-state index contributed by atoms with van der Waals surface area (Å²) in [5, 5.41) is 24.2. The number of carbonyl (C=O) groups excluding carboxylic acids is 4. The Morgan fingerprint density at radius 3 is 2.00 bits per heavy atom. The average molecular weight is 940 g/mol. The van der Waals surface area contributed by atoms with Crippen molar-refractivity contribution in [3.05, 3.63) is 159 Å². The summed E-state index contributed by atoms with van der Waals surface area (Å²) in [5.74, 6) is -0.928. The quantitative estimate of drug-likeness (QED) is 0.0134. The van der Waals surface area contributed by atoms with Crippen LogP contribution in [-0.4, -0.2) is 78.0 Å². The maximum absolute atomic E-state index is 13.6. The molecule has 16 nitrogen and oxygen atoms in total. The van der Waals surface area contributed by atoms with Gasteiger partial charge in [-0.25, -0.2) is 19.4 Å². The van der Waals surface area contributed by atoms with E-state index < -0.39 is 64.2 Å². The van der Waals surface area contributed by atoms with Gasteiger partial charge in [0.2, 0.25) is 11.8 Å². The molecule has 342 valence electrons. The number of benzene rings is 4. The van der Waals surface area contributed by atoms with Crippen molar-refractivity contribution in [2.45, 2.75) is 75.1 Å². The third kappa shape index (κ3) is 13.0. The van der Waals surface area contributed by atoms with Crippen molar-refractivity contribution < 1.29 is 38.4 Å². The molecule has 1 fully saturated rings. The van der Waals surface area contributed by atoms with Crippen LogP contribution in [0, 0.1) is 10.1 Å². The highest BCUT2D eigenvalue weighted by Crippen LogP contribution is 2.41. The summed E-state index contributed by atoms with van der Waals surface area (Å²) in [4.78, 5) is 73.7. The fraction of sp³-hybridized carbons (Fsp3) is 0.326. The number of hydrogen-bond donors (Lipinski definition) is 4. The van der Waals surface area contributed by atoms with Gasteiger partial charge in [-0.05, 0) is 54.3 Å². The van der Waals surface area contributed by atoms with E-state index in [9.17, 15) is 29.3 Å². The number of amides is 3. The highest BCUT2D eigenvalue weighted by Gasteiger charge is 2.42. The maximum Gasteiger partial charge on any atom is 0.407 e. The first-order chi connectivity index (χ1) is 31.0. The molecule has 0 aromatic heterocycles. The lowest BCUT2D eigenvalue weighted by atomic mass is 9.77. The fourth-order valence-corrected chi connectivity index (χ4v) is 9.73. The number of hydrogen-bond acceptors (Lipinski definition) is 12. The number of amidine groups is 1. The van der Waals surface area contributed by atoms with E-state index in [1.54, 1.807) is 19.3 Å². The molecule has 65 heavy (non-hydrogen) atoms. The van der Waals surface area contributed by atoms with E-state index in [4.69, 9.17) is 19.3 Å². The second-order valence-electron chi connectivity index (χ2n) is 16.9. The second-order valence-corrected chi connectivity index (χ2v) is 25.2. The average Bonchev–Trinajstić information content (AvgIpc) is 3.67. The molecule has 19 heteroatoms. The number of alkyl carbamates (subject to hydrolysis) is 1. The Hall–Kier alpha value is -6.15. The van der Waals surface area contributed by atoms with Gasteiger partial charge in [0.05, 0.1) is 18.0 Å². The van der Waals surface area contributed by atoms with Crippen LogP contribution in [0.25, 0.3) is 0 Å². The monoisotopic (exact) mass is 939 g/mol. The number of nitrogens with one attached hydrogen (secondary N) is 4. The van der Waals surface area contributed by atoms with Gasteiger partial charge in [0.1, 0.15) is 23.6 Å². The Labute approximate surface area is 385 Å². The van der Waals surface area contributed by atoms with Gasteiger partial charge in [-0.1, -0.05) is 115 Å². The smallest absolute Gasteiger partial charge is 0.407 e. The van der Waals surface area contributed by atoms with Crippen molar-refractivity contribution in [1.29, 1.82) is 0 Å². The fourth-order valence-electron chi connectivity index (χ4n) is 6.59. The zero-order chi connectivity index (χ0) is 46.6. The standard InChI is InChI=1S/C46H53N7O9S2Si/c1-45(2,42(56)60-26-28-65(3,4)5)62-52-64-31-36(48-43(64)51-46(33-15-9-6-10-16-33,34-17-11-7-12-18-34)35-19-13-8-14-20-35)29-38(54)49-39-40(55)50-41(39)63-27-25-47-44(57)61-30-32-21-23-37(24-22-32)53(58)59/h6-24,31,39,41H,25-30H2,1-5H3,(H,47,57)(H,48,51)(H,49,54)(H,50,55)/t39-,41-,64?/m1/s1. The number of ether oxygens (including phenoxy) is 2. The number of rotatable bonds is 20. The Morgan fingerprint density at radius 1 is 0.877 bits per heavy atom. The summed E-state index contributed by atoms with van der Waals surface area (Å²) in [7, 11) is -2.72. The van der Waals surface area contributed by atoms with E-state index >= 15 is 0 Å². The molecular weight excluding hydrogens is 887 g/mol. The predicted molar refractivity (Wildman–Crippen MR) is 254 cm³/mol. The summed E-state index contributed by atoms with van der Waals surface area (Å²) < 4.78 is 15.4. The topological polar surface area (TPSA) is 212 Å². The molecule has 4 aromatic rings. The van der Waals surface area contributed by atoms with E-state index in [1.807, 2.05) is 91.0 Å². The van der Waals surface area contributed by atoms with Crippen molar-refractivity contribution in [2.75, 3.05) is 18.9 Å². The number of nitro benzene ring substituents is 1. The summed E-state index contributed by atoms with van der Waals surface area (Å²) in [6.07, 6.45) is -0.823. The van der Waals surface area contributed by atoms with Gasteiger partial charge in [-0.2, -0.15) is 0 Å². The summed E-state index contributed by atoms with van der Waals surface area (Å²) in [6, 6.07) is 35.3. The minimum atomic E-state index is -1.46. The van der Waals surface area contributed by atoms with Gasteiger partial charge in [-0.3, -0.25) is 19.7 Å². The van der Waals surface area contributed by atoms with Gasteiger partial charge < -0.3 is 30.7 Å². The van der Waals surface area contributed by atoms with Gasteiger partial charge in [0.15, 0.2) is 10.8 Å². The third-order valence-electron chi connectivity index (χ3n) is 10.2. The molecule has 1 saturated heterocycles. The number of carbonyl (C=O) groups is 4. The van der Waals surface area contributed by atoms with Crippen molar-refractivity contribution in [3.8, 4) is 0 Å². The minimum absolute atomic E-state index is 0.0630. The first-order valence-corrected chi connectivity index (χ1v) is 26.9. The van der Waals surface area contributed by atoms with Gasteiger partial charge >= 0.3 is 12.1 Å². The number of thioether (sulfide) groups is 1. The van der Waals surface area contributed by atoms with Crippen molar-refractivity contribution in [1.82, 2.24) is 21.3 Å². The molecular formula is C46H53N7O9S2Si. The van der Waals surface area contributed by atoms with Crippen LogP contribution in [0.5, 0.6) is 0 Å². The van der Waals surface area contributed by atoms with E-state index in [1.165, 1.54) is 36.0 Å². The number of esters is 1. The zero-order valence-corrected chi connectivity index (χ0v) is 39.4. The molecule has 2 aliphatic heterocycles. The molecule has 2 heterocycles. The number of non-ortho nitro benzene ring substituents is 1. The lowest BCUT2D eigenvalue weighted by Gasteiger charge is -2.36. The van der Waals surface area contributed by atoms with Crippen LogP contribution in [0.1, 0.15) is 42.5 Å². The lowest BCUT2D eigenvalue weighted by molar-refractivity contribution is -0.384. The SMILES string of the molecule is CC(C)(ON=S1C=C(CC(=O)N[C@@H]2C(=O)N[C@@H]2SCCNC(=O)OCc2ccc([N+](=O)[O-])cc2)NC1=NC(c1ccccc1)(c1ccccc1)c1ccccc1)C(=O)OCC[Si](C)(C)C. The van der Waals surface area contributed by atoms with Gasteiger partial charge in [0.25, 0.3) is 5.69 Å². The van der Waals surface area contributed by atoms with Crippen LogP contribution < -0.4 is 21.3 Å². The molecule has 0 spiro atoms. The first-order valence-electron chi connectivity index (χ1n) is 20.9. The van der Waals surface area contributed by atoms with E-state index in [2.05, 4.69) is 45.4 Å². The van der Waals surface area contributed by atoms with Crippen LogP contribution in [-0.2, 0) is 51.5 Å². The zero-order valence-electron chi connectivity index (χ0n) is 36.8. The summed E-state index contributed by atoms with van der Waals surface area (Å²) in [6.45, 7) is 10.2. The second kappa shape index (κ2) is 21.7. The molecule has 0 radical (unpaired) electrons. The molecule has 4 aromatic carbocycles. The maximum atomic E-state index is 13.6. The van der Waals surface area contributed by atoms with E-state index in [0.717, 1.165) is 22.7 Å². The van der Waals surface area contributed by atoms with Crippen LogP contribution in [0.15, 0.2) is 136 Å². The molecule has 6 rings (SSSR count). The van der Waals surface area contributed by atoms with Crippen LogP contribution in [0.4, 0.5) is 10.5 Å². The largest absolute Gasteiger partial charge is 0.464 e. The minimum Gasteiger partial charge on any atom is -0.464 e. The van der Waals surface area contributed by atoms with E-state index in [-0.39, 0.29) is 37.8 Å². The normalized spacial score (nSPS) is 17.9. The van der Waals surface area contributed by atoms with Crippen molar-refractivity contribution in [3.63, 3.8) is 0 Å². The van der Waals surface area contributed by atoms with Crippen molar-refractivity contribution in [2.24, 2.45) is 9.52 Å². The molecule has 1 unspecified atom stereocenters. The highest BCUT2D eigenvalue weighted by atomic mass is 32.2. The van der Waals surface area contributed by atoms with Crippen LogP contribution in [0.3, 0.4) is 0 Å². The molecule has 3 amide bonds. The van der Waals surface area contributed by atoms with E-state index in [0.29, 0.717) is 22.2 Å². The number of nitrogens with zero attached hydrogens (tertiary/aromatic N) is 3.